The Morgan fingerprint density at radius 1 is 0.875 bits per heavy atom. The van der Waals surface area contributed by atoms with Crippen LogP contribution in [-0.2, 0) is 10.2 Å². The number of benzene rings is 2. The molecule has 1 aliphatic rings. The van der Waals surface area contributed by atoms with Gasteiger partial charge in [-0.05, 0) is 48.2 Å². The summed E-state index contributed by atoms with van der Waals surface area (Å²) < 4.78 is 10.5. The molecule has 0 aliphatic heterocycles. The molecule has 0 spiro atoms. The molecule has 2 aromatic rings. The molecule has 3 heteroatoms. The minimum atomic E-state index is -0.287. The Balaban J connectivity index is 0.00000225. The van der Waals surface area contributed by atoms with Gasteiger partial charge in [0, 0.05) is 13.8 Å². The van der Waals surface area contributed by atoms with Gasteiger partial charge in [-0.1, -0.05) is 43.5 Å². The molecule has 0 heterocycles. The van der Waals surface area contributed by atoms with Crippen LogP contribution in [0.25, 0.3) is 0 Å². The summed E-state index contributed by atoms with van der Waals surface area (Å²) >= 11 is 0. The van der Waals surface area contributed by atoms with Gasteiger partial charge in [-0.15, -0.1) is 0 Å². The van der Waals surface area contributed by atoms with E-state index in [1.165, 1.54) is 37.3 Å². The normalized spacial score (nSPS) is 16.4. The molecule has 0 atom stereocenters. The predicted molar refractivity (Wildman–Crippen MR) is 96.7 cm³/mol. The standard InChI is InChI=1S/C21H24O3.H2/c1-16(22)24-20-12-8-18(9-13-20)21(14-4-3-5-15-21)17-6-10-19(23-2)11-7-17;/h6-13H,3-5,14-15H2,1-2H3;1H. The fourth-order valence-corrected chi connectivity index (χ4v) is 3.82. The quantitative estimate of drug-likeness (QED) is 0.578. The maximum absolute atomic E-state index is 11.1. The molecule has 24 heavy (non-hydrogen) atoms. The number of esters is 1. The van der Waals surface area contributed by atoms with Crippen molar-refractivity contribution < 1.29 is 15.7 Å². The molecule has 0 aromatic heterocycles. The number of carbonyl (C=O) groups excluding carboxylic acids is 1. The van der Waals surface area contributed by atoms with Gasteiger partial charge in [0.1, 0.15) is 11.5 Å². The van der Waals surface area contributed by atoms with Gasteiger partial charge in [-0.3, -0.25) is 4.79 Å². The van der Waals surface area contributed by atoms with E-state index in [1.807, 2.05) is 24.3 Å². The van der Waals surface area contributed by atoms with E-state index < -0.39 is 0 Å². The molecule has 2 aromatic carbocycles. The predicted octanol–water partition coefficient (Wildman–Crippen LogP) is 5.12. The summed E-state index contributed by atoms with van der Waals surface area (Å²) in [5.74, 6) is 1.20. The fourth-order valence-electron chi connectivity index (χ4n) is 3.82. The van der Waals surface area contributed by atoms with Crippen LogP contribution in [0.5, 0.6) is 11.5 Å². The summed E-state index contributed by atoms with van der Waals surface area (Å²) in [5.41, 5.74) is 2.67. The molecule has 0 bridgehead atoms. The first-order valence-electron chi connectivity index (χ1n) is 8.57. The number of methoxy groups -OCH3 is 1. The van der Waals surface area contributed by atoms with Crippen molar-refractivity contribution in [1.82, 2.24) is 0 Å². The molecule has 0 saturated heterocycles. The molecule has 0 unspecified atom stereocenters. The van der Waals surface area contributed by atoms with Gasteiger partial charge in [0.25, 0.3) is 0 Å². The topological polar surface area (TPSA) is 35.5 Å². The maximum Gasteiger partial charge on any atom is 0.308 e. The van der Waals surface area contributed by atoms with Crippen molar-refractivity contribution in [2.24, 2.45) is 0 Å². The Morgan fingerprint density at radius 3 is 1.83 bits per heavy atom. The number of ether oxygens (including phenoxy) is 2. The highest BCUT2D eigenvalue weighted by Gasteiger charge is 2.35. The Hall–Kier alpha value is -2.29. The molecular weight excluding hydrogens is 300 g/mol. The Morgan fingerprint density at radius 2 is 1.38 bits per heavy atom. The van der Waals surface area contributed by atoms with Crippen LogP contribution in [-0.4, -0.2) is 13.1 Å². The zero-order valence-electron chi connectivity index (χ0n) is 14.4. The molecule has 128 valence electrons. The number of hydrogen-bond donors (Lipinski definition) is 0. The minimum Gasteiger partial charge on any atom is -0.497 e. The molecule has 3 nitrogen and oxygen atoms in total. The van der Waals surface area contributed by atoms with E-state index in [4.69, 9.17) is 9.47 Å². The third kappa shape index (κ3) is 3.30. The van der Waals surface area contributed by atoms with E-state index >= 15 is 0 Å². The van der Waals surface area contributed by atoms with Crippen molar-refractivity contribution in [1.29, 1.82) is 0 Å². The first-order chi connectivity index (χ1) is 11.6. The summed E-state index contributed by atoms with van der Waals surface area (Å²) in [6, 6.07) is 16.5. The zero-order valence-corrected chi connectivity index (χ0v) is 14.4. The highest BCUT2D eigenvalue weighted by Crippen LogP contribution is 2.45. The van der Waals surface area contributed by atoms with Gasteiger partial charge in [0.15, 0.2) is 0 Å². The Kier molecular flexibility index (Phi) is 4.89. The van der Waals surface area contributed by atoms with Crippen LogP contribution in [0.2, 0.25) is 0 Å². The van der Waals surface area contributed by atoms with E-state index in [0.717, 1.165) is 18.6 Å². The van der Waals surface area contributed by atoms with Crippen molar-refractivity contribution in [2.45, 2.75) is 44.4 Å². The van der Waals surface area contributed by atoms with Crippen LogP contribution in [0.3, 0.4) is 0 Å². The minimum absolute atomic E-state index is 0. The van der Waals surface area contributed by atoms with Crippen LogP contribution in [0.15, 0.2) is 48.5 Å². The van der Waals surface area contributed by atoms with Gasteiger partial charge in [0.05, 0.1) is 7.11 Å². The Bertz CT molecular complexity index is 686. The lowest BCUT2D eigenvalue weighted by Crippen LogP contribution is -2.30. The van der Waals surface area contributed by atoms with E-state index in [-0.39, 0.29) is 12.8 Å². The van der Waals surface area contributed by atoms with E-state index in [9.17, 15) is 4.79 Å². The molecule has 0 N–H and O–H groups in total. The average Bonchev–Trinajstić information content (AvgIpc) is 2.62. The van der Waals surface area contributed by atoms with Crippen LogP contribution in [0.4, 0.5) is 0 Å². The van der Waals surface area contributed by atoms with Gasteiger partial charge < -0.3 is 9.47 Å². The molecule has 0 radical (unpaired) electrons. The van der Waals surface area contributed by atoms with Crippen LogP contribution in [0, 0.1) is 0 Å². The third-order valence-corrected chi connectivity index (χ3v) is 5.02. The zero-order chi connectivity index (χ0) is 17.0. The molecule has 0 amide bonds. The summed E-state index contributed by atoms with van der Waals surface area (Å²) in [5, 5.41) is 0. The summed E-state index contributed by atoms with van der Waals surface area (Å²) in [4.78, 5) is 11.1. The lowest BCUT2D eigenvalue weighted by molar-refractivity contribution is -0.131. The van der Waals surface area contributed by atoms with E-state index in [0.29, 0.717) is 5.75 Å². The number of rotatable bonds is 4. The maximum atomic E-state index is 11.1. The molecule has 3 rings (SSSR count). The highest BCUT2D eigenvalue weighted by molar-refractivity contribution is 5.69. The lowest BCUT2D eigenvalue weighted by atomic mass is 9.65. The summed E-state index contributed by atoms with van der Waals surface area (Å²) in [7, 11) is 1.69. The first-order valence-corrected chi connectivity index (χ1v) is 8.57. The van der Waals surface area contributed by atoms with Crippen molar-refractivity contribution in [3.05, 3.63) is 59.7 Å². The van der Waals surface area contributed by atoms with E-state index in [2.05, 4.69) is 24.3 Å². The van der Waals surface area contributed by atoms with Crippen LogP contribution in [0.1, 0.15) is 51.6 Å². The third-order valence-electron chi connectivity index (χ3n) is 5.02. The number of hydrogen-bond acceptors (Lipinski definition) is 3. The first kappa shape index (κ1) is 16.6. The summed E-state index contributed by atoms with van der Waals surface area (Å²) in [6.45, 7) is 1.42. The van der Waals surface area contributed by atoms with Gasteiger partial charge >= 0.3 is 5.97 Å². The van der Waals surface area contributed by atoms with Crippen molar-refractivity contribution >= 4 is 5.97 Å². The second kappa shape index (κ2) is 7.08. The largest absolute Gasteiger partial charge is 0.497 e. The van der Waals surface area contributed by atoms with Crippen molar-refractivity contribution in [2.75, 3.05) is 7.11 Å². The highest BCUT2D eigenvalue weighted by atomic mass is 16.5. The monoisotopic (exact) mass is 326 g/mol. The van der Waals surface area contributed by atoms with Crippen molar-refractivity contribution in [3.63, 3.8) is 0 Å². The van der Waals surface area contributed by atoms with Gasteiger partial charge in [0.2, 0.25) is 0 Å². The average molecular weight is 326 g/mol. The van der Waals surface area contributed by atoms with E-state index in [1.54, 1.807) is 7.11 Å². The smallest absolute Gasteiger partial charge is 0.308 e. The second-order valence-electron chi connectivity index (χ2n) is 6.49. The van der Waals surface area contributed by atoms with Crippen LogP contribution < -0.4 is 9.47 Å². The summed E-state index contributed by atoms with van der Waals surface area (Å²) in [6.07, 6.45) is 6.05. The van der Waals surface area contributed by atoms with Gasteiger partial charge in [-0.25, -0.2) is 0 Å². The number of carbonyl (C=O) groups is 1. The molecule has 1 saturated carbocycles. The SMILES string of the molecule is COc1ccc(C2(c3ccc(OC(C)=O)cc3)CCCCC2)cc1.[HH]. The molecule has 1 aliphatic carbocycles. The fraction of sp³-hybridized carbons (Fsp3) is 0.381. The molecule has 1 fully saturated rings. The molecular formula is C21H26O3. The van der Waals surface area contributed by atoms with Crippen molar-refractivity contribution in [3.8, 4) is 11.5 Å². The van der Waals surface area contributed by atoms with Crippen LogP contribution >= 0.6 is 0 Å². The lowest BCUT2D eigenvalue weighted by Gasteiger charge is -2.38. The Labute approximate surface area is 145 Å². The second-order valence-corrected chi connectivity index (χ2v) is 6.49. The van der Waals surface area contributed by atoms with Gasteiger partial charge in [-0.2, -0.15) is 0 Å².